The number of hydrogen-bond donors (Lipinski definition) is 1. The minimum Gasteiger partial charge on any atom is -0.494 e. The van der Waals surface area contributed by atoms with Crippen molar-refractivity contribution < 1.29 is 13.9 Å². The van der Waals surface area contributed by atoms with Gasteiger partial charge in [-0.15, -0.1) is 0 Å². The molecule has 0 fully saturated rings. The fourth-order valence-electron chi connectivity index (χ4n) is 1.06. The lowest BCUT2D eigenvalue weighted by Crippen LogP contribution is -2.22. The SMILES string of the molecule is CCNC(=O)c1ccc(F)c(OC)c1. The van der Waals surface area contributed by atoms with E-state index in [0.717, 1.165) is 0 Å². The summed E-state index contributed by atoms with van der Waals surface area (Å²) in [7, 11) is 1.36. The minimum absolute atomic E-state index is 0.0775. The topological polar surface area (TPSA) is 38.3 Å². The van der Waals surface area contributed by atoms with E-state index in [4.69, 9.17) is 4.74 Å². The van der Waals surface area contributed by atoms with Crippen LogP contribution in [0.25, 0.3) is 0 Å². The maximum atomic E-state index is 13.0. The molecule has 0 spiro atoms. The van der Waals surface area contributed by atoms with E-state index in [9.17, 15) is 9.18 Å². The van der Waals surface area contributed by atoms with Gasteiger partial charge in [0.15, 0.2) is 11.6 Å². The van der Waals surface area contributed by atoms with Gasteiger partial charge < -0.3 is 10.1 Å². The summed E-state index contributed by atoms with van der Waals surface area (Å²) < 4.78 is 17.7. The Bertz CT molecular complexity index is 339. The number of carbonyl (C=O) groups is 1. The molecule has 1 N–H and O–H groups in total. The third-order valence-electron chi connectivity index (χ3n) is 1.75. The molecule has 0 heterocycles. The lowest BCUT2D eigenvalue weighted by Gasteiger charge is -2.05. The van der Waals surface area contributed by atoms with E-state index in [2.05, 4.69) is 5.32 Å². The van der Waals surface area contributed by atoms with E-state index in [-0.39, 0.29) is 11.7 Å². The first-order valence-corrected chi connectivity index (χ1v) is 4.30. The summed E-state index contributed by atoms with van der Waals surface area (Å²) in [6.45, 7) is 2.36. The molecule has 0 unspecified atom stereocenters. The van der Waals surface area contributed by atoms with Crippen molar-refractivity contribution in [3.63, 3.8) is 0 Å². The van der Waals surface area contributed by atoms with Crippen LogP contribution >= 0.6 is 0 Å². The lowest BCUT2D eigenvalue weighted by atomic mass is 10.2. The van der Waals surface area contributed by atoms with Gasteiger partial charge in [0.2, 0.25) is 0 Å². The van der Waals surface area contributed by atoms with Crippen LogP contribution in [0.15, 0.2) is 18.2 Å². The van der Waals surface area contributed by atoms with Gasteiger partial charge in [-0.2, -0.15) is 0 Å². The molecule has 0 aliphatic carbocycles. The van der Waals surface area contributed by atoms with Gasteiger partial charge >= 0.3 is 0 Å². The molecule has 4 heteroatoms. The predicted molar refractivity (Wildman–Crippen MR) is 51.0 cm³/mol. The molecule has 0 atom stereocenters. The Hall–Kier alpha value is -1.58. The standard InChI is InChI=1S/C10H12FNO2/c1-3-12-10(13)7-4-5-8(11)9(6-7)14-2/h4-6H,3H2,1-2H3,(H,12,13). The van der Waals surface area contributed by atoms with E-state index in [1.807, 2.05) is 6.92 Å². The molecular weight excluding hydrogens is 185 g/mol. The van der Waals surface area contributed by atoms with Gasteiger partial charge in [-0.25, -0.2) is 4.39 Å². The Labute approximate surface area is 81.9 Å². The average molecular weight is 197 g/mol. The van der Waals surface area contributed by atoms with Gasteiger partial charge in [0.1, 0.15) is 0 Å². The van der Waals surface area contributed by atoms with Gasteiger partial charge in [-0.05, 0) is 25.1 Å². The molecule has 1 rings (SSSR count). The zero-order valence-electron chi connectivity index (χ0n) is 8.13. The number of methoxy groups -OCH3 is 1. The molecule has 0 aliphatic rings. The van der Waals surface area contributed by atoms with Crippen molar-refractivity contribution in [2.45, 2.75) is 6.92 Å². The third kappa shape index (κ3) is 2.22. The highest BCUT2D eigenvalue weighted by Gasteiger charge is 2.08. The van der Waals surface area contributed by atoms with E-state index < -0.39 is 5.82 Å². The molecule has 14 heavy (non-hydrogen) atoms. The summed E-state index contributed by atoms with van der Waals surface area (Å²) in [4.78, 5) is 11.3. The van der Waals surface area contributed by atoms with Crippen molar-refractivity contribution in [3.8, 4) is 5.75 Å². The molecule has 0 radical (unpaired) electrons. The van der Waals surface area contributed by atoms with Crippen LogP contribution in [-0.4, -0.2) is 19.6 Å². The second-order valence-electron chi connectivity index (χ2n) is 2.71. The quantitative estimate of drug-likeness (QED) is 0.799. The maximum absolute atomic E-state index is 13.0. The first-order chi connectivity index (χ1) is 6.69. The monoisotopic (exact) mass is 197 g/mol. The van der Waals surface area contributed by atoms with Crippen molar-refractivity contribution in [3.05, 3.63) is 29.6 Å². The van der Waals surface area contributed by atoms with Gasteiger partial charge in [0.25, 0.3) is 5.91 Å². The summed E-state index contributed by atoms with van der Waals surface area (Å²) in [5, 5.41) is 2.62. The smallest absolute Gasteiger partial charge is 0.251 e. The highest BCUT2D eigenvalue weighted by atomic mass is 19.1. The Balaban J connectivity index is 2.94. The summed E-state index contributed by atoms with van der Waals surface area (Å²) in [5.41, 5.74) is 0.394. The fourth-order valence-corrected chi connectivity index (χ4v) is 1.06. The number of benzene rings is 1. The normalized spacial score (nSPS) is 9.64. The minimum atomic E-state index is -0.472. The Morgan fingerprint density at radius 3 is 2.86 bits per heavy atom. The molecule has 0 aliphatic heterocycles. The van der Waals surface area contributed by atoms with Gasteiger partial charge in [0, 0.05) is 12.1 Å². The van der Waals surface area contributed by atoms with Crippen molar-refractivity contribution >= 4 is 5.91 Å². The van der Waals surface area contributed by atoms with Crippen molar-refractivity contribution in [2.24, 2.45) is 0 Å². The predicted octanol–water partition coefficient (Wildman–Crippen LogP) is 1.58. The molecule has 1 amide bonds. The Morgan fingerprint density at radius 1 is 1.57 bits per heavy atom. The van der Waals surface area contributed by atoms with E-state index >= 15 is 0 Å². The lowest BCUT2D eigenvalue weighted by molar-refractivity contribution is 0.0955. The van der Waals surface area contributed by atoms with Crippen molar-refractivity contribution in [1.82, 2.24) is 5.32 Å². The number of amides is 1. The molecule has 1 aromatic rings. The second kappa shape index (κ2) is 4.60. The first kappa shape index (κ1) is 10.5. The first-order valence-electron chi connectivity index (χ1n) is 4.30. The molecule has 0 aromatic heterocycles. The van der Waals surface area contributed by atoms with Crippen molar-refractivity contribution in [1.29, 1.82) is 0 Å². The molecular formula is C10H12FNO2. The van der Waals surface area contributed by atoms with Crippen LogP contribution in [0.1, 0.15) is 17.3 Å². The van der Waals surface area contributed by atoms with Gasteiger partial charge in [0.05, 0.1) is 7.11 Å². The second-order valence-corrected chi connectivity index (χ2v) is 2.71. The van der Waals surface area contributed by atoms with Crippen molar-refractivity contribution in [2.75, 3.05) is 13.7 Å². The summed E-state index contributed by atoms with van der Waals surface area (Å²) in [5.74, 6) is -0.625. The van der Waals surface area contributed by atoms with Gasteiger partial charge in [-0.1, -0.05) is 0 Å². The highest BCUT2D eigenvalue weighted by molar-refractivity contribution is 5.94. The van der Waals surface area contributed by atoms with E-state index in [1.54, 1.807) is 0 Å². The van der Waals surface area contributed by atoms with E-state index in [0.29, 0.717) is 12.1 Å². The Kier molecular flexibility index (Phi) is 3.45. The molecule has 0 saturated carbocycles. The molecule has 3 nitrogen and oxygen atoms in total. The number of nitrogens with one attached hydrogen (secondary N) is 1. The molecule has 0 saturated heterocycles. The summed E-state index contributed by atoms with van der Waals surface area (Å²) >= 11 is 0. The molecule has 1 aromatic carbocycles. The van der Waals surface area contributed by atoms with Crippen LogP contribution in [0.3, 0.4) is 0 Å². The van der Waals surface area contributed by atoms with Crippen LogP contribution in [0, 0.1) is 5.82 Å². The zero-order chi connectivity index (χ0) is 10.6. The highest BCUT2D eigenvalue weighted by Crippen LogP contribution is 2.17. The van der Waals surface area contributed by atoms with Crippen LogP contribution in [0.5, 0.6) is 5.75 Å². The number of carbonyl (C=O) groups excluding carboxylic acids is 1. The number of rotatable bonds is 3. The summed E-state index contributed by atoms with van der Waals surface area (Å²) in [6.07, 6.45) is 0. The van der Waals surface area contributed by atoms with Gasteiger partial charge in [-0.3, -0.25) is 4.79 Å². The fraction of sp³-hybridized carbons (Fsp3) is 0.300. The third-order valence-corrected chi connectivity index (χ3v) is 1.75. The number of halogens is 1. The zero-order valence-corrected chi connectivity index (χ0v) is 8.13. The van der Waals surface area contributed by atoms with E-state index in [1.165, 1.54) is 25.3 Å². The maximum Gasteiger partial charge on any atom is 0.251 e. The number of ether oxygens (including phenoxy) is 1. The Morgan fingerprint density at radius 2 is 2.29 bits per heavy atom. The summed E-state index contributed by atoms with van der Waals surface area (Å²) in [6, 6.07) is 4.01. The van der Waals surface area contributed by atoms with Crippen LogP contribution < -0.4 is 10.1 Å². The largest absolute Gasteiger partial charge is 0.494 e. The molecule has 0 bridgehead atoms. The van der Waals surface area contributed by atoms with Crippen LogP contribution in [-0.2, 0) is 0 Å². The van der Waals surface area contributed by atoms with Crippen LogP contribution in [0.4, 0.5) is 4.39 Å². The number of hydrogen-bond acceptors (Lipinski definition) is 2. The molecule has 76 valence electrons. The average Bonchev–Trinajstić information content (AvgIpc) is 2.19. The van der Waals surface area contributed by atoms with Crippen LogP contribution in [0.2, 0.25) is 0 Å².